The Balaban J connectivity index is 2.67. The molecule has 0 aliphatic carbocycles. The Bertz CT molecular complexity index is 394. The first-order valence-corrected chi connectivity index (χ1v) is 5.90. The van der Waals surface area contributed by atoms with Gasteiger partial charge in [-0.3, -0.25) is 9.78 Å². The normalized spacial score (nSPS) is 11.9. The number of rotatable bonds is 5. The first-order valence-electron chi connectivity index (χ1n) is 5.49. The highest BCUT2D eigenvalue weighted by molar-refractivity contribution is 7.80. The molecule has 0 saturated heterocycles. The highest BCUT2D eigenvalue weighted by Crippen LogP contribution is 2.10. The van der Waals surface area contributed by atoms with E-state index in [1.807, 2.05) is 19.1 Å². The topological polar surface area (TPSA) is 59.2 Å². The van der Waals surface area contributed by atoms with Crippen molar-refractivity contribution in [2.24, 2.45) is 11.7 Å². The molecule has 1 heterocycles. The third-order valence-corrected chi connectivity index (χ3v) is 2.85. The van der Waals surface area contributed by atoms with Gasteiger partial charge >= 0.3 is 0 Å². The number of hydrogen-bond donors (Lipinski definition) is 1. The summed E-state index contributed by atoms with van der Waals surface area (Å²) in [6.45, 7) is 2.42. The standard InChI is InChI=1S/C12H17N3OS/c1-3-10(11(13)17)12(16)15(2)8-9-5-4-6-14-7-9/h4-7,10H,3,8H2,1-2H3,(H2,13,17). The van der Waals surface area contributed by atoms with Gasteiger partial charge < -0.3 is 10.6 Å². The Morgan fingerprint density at radius 3 is 2.82 bits per heavy atom. The van der Waals surface area contributed by atoms with E-state index < -0.39 is 0 Å². The monoisotopic (exact) mass is 251 g/mol. The first kappa shape index (κ1) is 13.6. The van der Waals surface area contributed by atoms with Crippen LogP contribution in [0.5, 0.6) is 0 Å². The van der Waals surface area contributed by atoms with Crippen LogP contribution in [0.1, 0.15) is 18.9 Å². The maximum absolute atomic E-state index is 12.1. The summed E-state index contributed by atoms with van der Waals surface area (Å²) in [4.78, 5) is 18.0. The highest BCUT2D eigenvalue weighted by Gasteiger charge is 2.22. The molecule has 0 saturated carbocycles. The Kier molecular flexibility index (Phi) is 5.03. The predicted octanol–water partition coefficient (Wildman–Crippen LogP) is 1.35. The second-order valence-electron chi connectivity index (χ2n) is 3.92. The minimum Gasteiger partial charge on any atom is -0.393 e. The number of thiocarbonyl (C=S) groups is 1. The summed E-state index contributed by atoms with van der Waals surface area (Å²) < 4.78 is 0. The molecule has 0 aromatic carbocycles. The molecule has 0 spiro atoms. The fraction of sp³-hybridized carbons (Fsp3) is 0.417. The number of pyridine rings is 1. The number of nitrogens with two attached hydrogens (primary N) is 1. The molecular formula is C12H17N3OS. The van der Waals surface area contributed by atoms with Crippen molar-refractivity contribution in [2.45, 2.75) is 19.9 Å². The third kappa shape index (κ3) is 3.78. The van der Waals surface area contributed by atoms with Gasteiger partial charge in [-0.05, 0) is 18.1 Å². The second-order valence-corrected chi connectivity index (χ2v) is 4.39. The minimum absolute atomic E-state index is 0.0381. The average molecular weight is 251 g/mol. The van der Waals surface area contributed by atoms with Crippen molar-refractivity contribution in [2.75, 3.05) is 7.05 Å². The fourth-order valence-electron chi connectivity index (χ4n) is 1.61. The van der Waals surface area contributed by atoms with E-state index in [0.717, 1.165) is 5.56 Å². The molecule has 17 heavy (non-hydrogen) atoms. The van der Waals surface area contributed by atoms with Crippen LogP contribution in [0.2, 0.25) is 0 Å². The fourth-order valence-corrected chi connectivity index (χ4v) is 1.87. The predicted molar refractivity (Wildman–Crippen MR) is 71.3 cm³/mol. The summed E-state index contributed by atoms with van der Waals surface area (Å²) in [5, 5.41) is 0. The van der Waals surface area contributed by atoms with Gasteiger partial charge in [0.25, 0.3) is 0 Å². The van der Waals surface area contributed by atoms with Crippen molar-refractivity contribution in [1.29, 1.82) is 0 Å². The number of carbonyl (C=O) groups is 1. The molecule has 0 radical (unpaired) electrons. The molecule has 4 nitrogen and oxygen atoms in total. The lowest BCUT2D eigenvalue weighted by atomic mass is 10.1. The zero-order valence-corrected chi connectivity index (χ0v) is 10.9. The number of amides is 1. The van der Waals surface area contributed by atoms with Crippen molar-refractivity contribution >= 4 is 23.1 Å². The van der Waals surface area contributed by atoms with Gasteiger partial charge in [-0.15, -0.1) is 0 Å². The van der Waals surface area contributed by atoms with Crippen LogP contribution in [0.25, 0.3) is 0 Å². The summed E-state index contributed by atoms with van der Waals surface area (Å²) in [7, 11) is 1.75. The Hall–Kier alpha value is -1.49. The quantitative estimate of drug-likeness (QED) is 0.803. The number of aromatic nitrogens is 1. The van der Waals surface area contributed by atoms with E-state index >= 15 is 0 Å². The molecule has 1 unspecified atom stereocenters. The van der Waals surface area contributed by atoms with E-state index in [1.165, 1.54) is 0 Å². The Morgan fingerprint density at radius 1 is 1.65 bits per heavy atom. The molecule has 0 fully saturated rings. The molecule has 0 aliphatic heterocycles. The van der Waals surface area contributed by atoms with Gasteiger partial charge in [-0.1, -0.05) is 25.2 Å². The van der Waals surface area contributed by atoms with Crippen molar-refractivity contribution in [3.05, 3.63) is 30.1 Å². The van der Waals surface area contributed by atoms with Crippen LogP contribution in [0, 0.1) is 5.92 Å². The highest BCUT2D eigenvalue weighted by atomic mass is 32.1. The van der Waals surface area contributed by atoms with Crippen molar-refractivity contribution in [3.8, 4) is 0 Å². The lowest BCUT2D eigenvalue weighted by Crippen LogP contribution is -2.38. The van der Waals surface area contributed by atoms with Crippen molar-refractivity contribution in [1.82, 2.24) is 9.88 Å². The maximum atomic E-state index is 12.1. The lowest BCUT2D eigenvalue weighted by Gasteiger charge is -2.22. The van der Waals surface area contributed by atoms with Gasteiger partial charge in [-0.25, -0.2) is 0 Å². The van der Waals surface area contributed by atoms with Crippen LogP contribution in [0.4, 0.5) is 0 Å². The zero-order chi connectivity index (χ0) is 12.8. The molecule has 0 bridgehead atoms. The van der Waals surface area contributed by atoms with Crippen molar-refractivity contribution < 1.29 is 4.79 Å². The largest absolute Gasteiger partial charge is 0.393 e. The molecule has 5 heteroatoms. The SMILES string of the molecule is CCC(C(=O)N(C)Cc1cccnc1)C(N)=S. The molecule has 1 atom stereocenters. The summed E-state index contributed by atoms with van der Waals surface area (Å²) in [5.74, 6) is -0.407. The van der Waals surface area contributed by atoms with Crippen LogP contribution in [-0.4, -0.2) is 27.8 Å². The van der Waals surface area contributed by atoms with Gasteiger partial charge in [0.2, 0.25) is 5.91 Å². The van der Waals surface area contributed by atoms with E-state index in [9.17, 15) is 4.79 Å². The molecular weight excluding hydrogens is 234 g/mol. The van der Waals surface area contributed by atoms with Crippen LogP contribution in [0.15, 0.2) is 24.5 Å². The van der Waals surface area contributed by atoms with Crippen LogP contribution in [0.3, 0.4) is 0 Å². The van der Waals surface area contributed by atoms with Crippen LogP contribution < -0.4 is 5.73 Å². The van der Waals surface area contributed by atoms with Gasteiger partial charge in [-0.2, -0.15) is 0 Å². The van der Waals surface area contributed by atoms with Crippen LogP contribution >= 0.6 is 12.2 Å². The summed E-state index contributed by atoms with van der Waals surface area (Å²) in [6, 6.07) is 3.77. The summed E-state index contributed by atoms with van der Waals surface area (Å²) >= 11 is 4.89. The Morgan fingerprint density at radius 2 is 2.35 bits per heavy atom. The number of carbonyl (C=O) groups excluding carboxylic acids is 1. The molecule has 1 amide bonds. The second kappa shape index (κ2) is 6.30. The number of hydrogen-bond acceptors (Lipinski definition) is 3. The van der Waals surface area contributed by atoms with E-state index in [-0.39, 0.29) is 16.8 Å². The lowest BCUT2D eigenvalue weighted by molar-refractivity contribution is -0.132. The van der Waals surface area contributed by atoms with E-state index in [1.54, 1.807) is 24.3 Å². The maximum Gasteiger partial charge on any atom is 0.232 e. The average Bonchev–Trinajstić information content (AvgIpc) is 2.30. The first-order chi connectivity index (χ1) is 8.06. The van der Waals surface area contributed by atoms with E-state index in [4.69, 9.17) is 18.0 Å². The van der Waals surface area contributed by atoms with Gasteiger partial charge in [0.05, 0.1) is 10.9 Å². The molecule has 1 rings (SSSR count). The molecule has 2 N–H and O–H groups in total. The van der Waals surface area contributed by atoms with Gasteiger partial charge in [0.1, 0.15) is 0 Å². The van der Waals surface area contributed by atoms with E-state index in [2.05, 4.69) is 4.98 Å². The third-order valence-electron chi connectivity index (χ3n) is 2.57. The molecule has 0 aliphatic rings. The molecule has 92 valence electrons. The van der Waals surface area contributed by atoms with Gasteiger partial charge in [0, 0.05) is 26.0 Å². The summed E-state index contributed by atoms with van der Waals surface area (Å²) in [5.41, 5.74) is 6.54. The minimum atomic E-state index is -0.369. The Labute approximate surface area is 107 Å². The van der Waals surface area contributed by atoms with Crippen molar-refractivity contribution in [3.63, 3.8) is 0 Å². The molecule has 1 aromatic rings. The number of nitrogens with zero attached hydrogens (tertiary/aromatic N) is 2. The smallest absolute Gasteiger partial charge is 0.232 e. The van der Waals surface area contributed by atoms with Gasteiger partial charge in [0.15, 0.2) is 0 Å². The zero-order valence-electron chi connectivity index (χ0n) is 10.1. The molecule has 1 aromatic heterocycles. The van der Waals surface area contributed by atoms with Crippen LogP contribution in [-0.2, 0) is 11.3 Å². The summed E-state index contributed by atoms with van der Waals surface area (Å²) in [6.07, 6.45) is 4.08. The van der Waals surface area contributed by atoms with E-state index in [0.29, 0.717) is 13.0 Å².